The van der Waals surface area contributed by atoms with Crippen molar-refractivity contribution in [3.8, 4) is 0 Å². The molecule has 1 aromatic carbocycles. The molecule has 1 aliphatic heterocycles. The molecule has 0 spiro atoms. The summed E-state index contributed by atoms with van der Waals surface area (Å²) in [4.78, 5) is 15.0. The summed E-state index contributed by atoms with van der Waals surface area (Å²) in [5, 5.41) is 10.2. The van der Waals surface area contributed by atoms with Crippen LogP contribution in [-0.2, 0) is 0 Å². The van der Waals surface area contributed by atoms with Crippen molar-refractivity contribution in [2.45, 2.75) is 6.92 Å². The number of benzene rings is 1. The molecule has 0 saturated carbocycles. The van der Waals surface area contributed by atoms with Gasteiger partial charge in [-0.25, -0.2) is 0 Å². The molecular weight excluding hydrogens is 254 g/mol. The molecule has 0 saturated heterocycles. The van der Waals surface area contributed by atoms with Gasteiger partial charge < -0.3 is 5.53 Å². The van der Waals surface area contributed by atoms with Gasteiger partial charge in [-0.1, -0.05) is 23.7 Å². The molecule has 0 radical (unpaired) electrons. The number of carbonyl (C=O) groups excluding carboxylic acids is 1. The minimum atomic E-state index is -0.439. The van der Waals surface area contributed by atoms with Gasteiger partial charge in [0, 0.05) is 0 Å². The third-order valence-electron chi connectivity index (χ3n) is 2.32. The van der Waals surface area contributed by atoms with Gasteiger partial charge in [0.1, 0.15) is 0 Å². The van der Waals surface area contributed by atoms with Gasteiger partial charge in [-0.15, -0.1) is 10.2 Å². The molecule has 0 unspecified atom stereocenters. The zero-order chi connectivity index (χ0) is 13.1. The SMILES string of the molecule is CC1=NN=C(NC(=O)c2ccccc2Cl)C1=[N+]=[N-]. The largest absolute Gasteiger partial charge is 0.382 e. The van der Waals surface area contributed by atoms with Crippen molar-refractivity contribution in [1.29, 1.82) is 0 Å². The lowest BCUT2D eigenvalue weighted by atomic mass is 10.2. The quantitative estimate of drug-likeness (QED) is 0.603. The van der Waals surface area contributed by atoms with Gasteiger partial charge >= 0.3 is 5.71 Å². The molecule has 18 heavy (non-hydrogen) atoms. The molecule has 0 atom stereocenters. The Kier molecular flexibility index (Phi) is 3.32. The van der Waals surface area contributed by atoms with Crippen LogP contribution in [0.1, 0.15) is 17.3 Å². The first-order valence-corrected chi connectivity index (χ1v) is 5.42. The predicted octanol–water partition coefficient (Wildman–Crippen LogP) is 1.53. The van der Waals surface area contributed by atoms with Crippen LogP contribution in [-0.4, -0.2) is 28.0 Å². The minimum absolute atomic E-state index is 0.0971. The lowest BCUT2D eigenvalue weighted by Gasteiger charge is -2.03. The number of amidine groups is 1. The standard InChI is InChI=1S/C11H8ClN5O/c1-6-9(15-13)10(17-16-6)14-11(18)7-4-2-3-5-8(7)12/h2-5H,1H3,(H,14,17,18). The Morgan fingerprint density at radius 1 is 1.39 bits per heavy atom. The second kappa shape index (κ2) is 4.91. The average molecular weight is 262 g/mol. The van der Waals surface area contributed by atoms with Gasteiger partial charge in [0.2, 0.25) is 5.84 Å². The zero-order valence-corrected chi connectivity index (χ0v) is 10.1. The molecule has 1 N–H and O–H groups in total. The number of carbonyl (C=O) groups is 1. The van der Waals surface area contributed by atoms with E-state index in [0.29, 0.717) is 16.3 Å². The highest BCUT2D eigenvalue weighted by atomic mass is 35.5. The van der Waals surface area contributed by atoms with E-state index in [1.807, 2.05) is 0 Å². The first-order chi connectivity index (χ1) is 8.63. The number of halogens is 1. The molecule has 1 amide bonds. The van der Waals surface area contributed by atoms with Crippen LogP contribution < -0.4 is 5.32 Å². The fourth-order valence-corrected chi connectivity index (χ4v) is 1.64. The van der Waals surface area contributed by atoms with Crippen molar-refractivity contribution in [3.05, 3.63) is 40.4 Å². The maximum atomic E-state index is 11.9. The fraction of sp³-hybridized carbons (Fsp3) is 0.0909. The summed E-state index contributed by atoms with van der Waals surface area (Å²) >= 11 is 5.89. The van der Waals surface area contributed by atoms with Crippen LogP contribution in [0.5, 0.6) is 0 Å². The summed E-state index contributed by atoms with van der Waals surface area (Å²) in [6.45, 7) is 1.62. The first kappa shape index (κ1) is 12.2. The summed E-state index contributed by atoms with van der Waals surface area (Å²) in [6.07, 6.45) is 0. The summed E-state index contributed by atoms with van der Waals surface area (Å²) in [6, 6.07) is 6.60. The molecular formula is C11H8ClN5O. The van der Waals surface area contributed by atoms with Crippen molar-refractivity contribution in [1.82, 2.24) is 5.32 Å². The van der Waals surface area contributed by atoms with Gasteiger partial charge in [-0.05, 0) is 19.1 Å². The van der Waals surface area contributed by atoms with Crippen LogP contribution in [0.15, 0.2) is 34.5 Å². The van der Waals surface area contributed by atoms with Crippen molar-refractivity contribution >= 4 is 34.8 Å². The molecule has 1 heterocycles. The van der Waals surface area contributed by atoms with E-state index in [1.54, 1.807) is 31.2 Å². The number of rotatable bonds is 1. The second-order valence-corrected chi connectivity index (χ2v) is 3.92. The number of amides is 1. The van der Waals surface area contributed by atoms with Crippen LogP contribution in [0.2, 0.25) is 5.02 Å². The highest BCUT2D eigenvalue weighted by Crippen LogP contribution is 2.14. The maximum Gasteiger partial charge on any atom is 0.382 e. The summed E-state index contributed by atoms with van der Waals surface area (Å²) in [5.41, 5.74) is 9.66. The lowest BCUT2D eigenvalue weighted by molar-refractivity contribution is 0.00162. The highest BCUT2D eigenvalue weighted by Gasteiger charge is 2.29. The van der Waals surface area contributed by atoms with Crippen molar-refractivity contribution in [2.24, 2.45) is 10.2 Å². The number of hydrogen-bond acceptors (Lipinski definition) is 3. The monoisotopic (exact) mass is 261 g/mol. The first-order valence-electron chi connectivity index (χ1n) is 5.04. The minimum Gasteiger partial charge on any atom is -0.361 e. The summed E-state index contributed by atoms with van der Waals surface area (Å²) in [7, 11) is 0. The predicted molar refractivity (Wildman–Crippen MR) is 68.1 cm³/mol. The van der Waals surface area contributed by atoms with E-state index in [-0.39, 0.29) is 11.5 Å². The van der Waals surface area contributed by atoms with Crippen LogP contribution in [0.4, 0.5) is 0 Å². The van der Waals surface area contributed by atoms with Gasteiger partial charge in [-0.2, -0.15) is 4.79 Å². The van der Waals surface area contributed by atoms with Crippen LogP contribution >= 0.6 is 11.6 Å². The number of hydrogen-bond donors (Lipinski definition) is 1. The molecule has 1 aliphatic rings. The molecule has 0 aliphatic carbocycles. The molecule has 6 nitrogen and oxygen atoms in total. The van der Waals surface area contributed by atoms with Crippen molar-refractivity contribution in [3.63, 3.8) is 0 Å². The zero-order valence-electron chi connectivity index (χ0n) is 9.38. The van der Waals surface area contributed by atoms with E-state index >= 15 is 0 Å². The average Bonchev–Trinajstić information content (AvgIpc) is 2.70. The van der Waals surface area contributed by atoms with E-state index in [0.717, 1.165) is 0 Å². The third-order valence-corrected chi connectivity index (χ3v) is 2.65. The Hall–Kier alpha value is -2.30. The Morgan fingerprint density at radius 3 is 2.78 bits per heavy atom. The van der Waals surface area contributed by atoms with Gasteiger partial charge in [0.05, 0.1) is 10.6 Å². The van der Waals surface area contributed by atoms with E-state index in [2.05, 4.69) is 20.3 Å². The van der Waals surface area contributed by atoms with Crippen LogP contribution in [0.25, 0.3) is 5.53 Å². The van der Waals surface area contributed by atoms with Crippen molar-refractivity contribution in [2.75, 3.05) is 0 Å². The van der Waals surface area contributed by atoms with E-state index < -0.39 is 5.91 Å². The van der Waals surface area contributed by atoms with E-state index in [4.69, 9.17) is 17.1 Å². The summed E-state index contributed by atoms with van der Waals surface area (Å²) < 4.78 is 0. The summed E-state index contributed by atoms with van der Waals surface area (Å²) in [5.74, 6) is -0.342. The van der Waals surface area contributed by atoms with Crippen LogP contribution in [0.3, 0.4) is 0 Å². The Bertz CT molecular complexity index is 628. The maximum absolute atomic E-state index is 11.9. The van der Waals surface area contributed by atoms with Crippen LogP contribution in [0, 0.1) is 0 Å². The van der Waals surface area contributed by atoms with Gasteiger partial charge in [-0.3, -0.25) is 10.1 Å². The fourth-order valence-electron chi connectivity index (χ4n) is 1.42. The number of nitrogens with one attached hydrogen (secondary N) is 1. The molecule has 0 aromatic heterocycles. The molecule has 0 bridgehead atoms. The van der Waals surface area contributed by atoms with Gasteiger partial charge in [0.25, 0.3) is 5.91 Å². The third kappa shape index (κ3) is 2.20. The van der Waals surface area contributed by atoms with E-state index in [1.165, 1.54) is 0 Å². The topological polar surface area (TPSA) is 90.2 Å². The van der Waals surface area contributed by atoms with E-state index in [9.17, 15) is 4.79 Å². The van der Waals surface area contributed by atoms with Crippen molar-refractivity contribution < 1.29 is 9.58 Å². The Morgan fingerprint density at radius 2 is 2.11 bits per heavy atom. The number of nitrogens with zero attached hydrogens (tertiary/aromatic N) is 4. The lowest BCUT2D eigenvalue weighted by Crippen LogP contribution is -2.37. The normalized spacial score (nSPS) is 13.8. The molecule has 1 aromatic rings. The molecule has 90 valence electrons. The molecule has 0 fully saturated rings. The Labute approximate surface area is 108 Å². The van der Waals surface area contributed by atoms with Gasteiger partial charge in [0.15, 0.2) is 5.71 Å². The Balaban J connectivity index is 2.20. The smallest absolute Gasteiger partial charge is 0.361 e. The molecule has 7 heteroatoms. The second-order valence-electron chi connectivity index (χ2n) is 3.52. The highest BCUT2D eigenvalue weighted by molar-refractivity contribution is 6.68. The molecule has 2 rings (SSSR count).